The van der Waals surface area contributed by atoms with E-state index in [-0.39, 0.29) is 0 Å². The predicted molar refractivity (Wildman–Crippen MR) is 71.2 cm³/mol. The lowest BCUT2D eigenvalue weighted by Crippen LogP contribution is -2.48. The molecule has 0 aromatic carbocycles. The average molecular weight is 245 g/mol. The van der Waals surface area contributed by atoms with E-state index in [0.717, 1.165) is 37.6 Å². The zero-order valence-corrected chi connectivity index (χ0v) is 11.1. The van der Waals surface area contributed by atoms with Gasteiger partial charge in [0.05, 0.1) is 0 Å². The number of hydrogen-bond acceptors (Lipinski definition) is 2. The van der Waals surface area contributed by atoms with E-state index in [2.05, 4.69) is 5.32 Å². The summed E-state index contributed by atoms with van der Waals surface area (Å²) >= 11 is 0. The highest BCUT2D eigenvalue weighted by molar-refractivity contribution is 5.80. The number of hydrogen-bond donors (Lipinski definition) is 1. The molecule has 4 aliphatic rings. The third-order valence-electron chi connectivity index (χ3n) is 5.97. The van der Waals surface area contributed by atoms with E-state index >= 15 is 0 Å². The van der Waals surface area contributed by atoms with Crippen molar-refractivity contribution in [1.29, 1.82) is 0 Å². The molecular formula is C16H23NO. The predicted octanol–water partition coefficient (Wildman–Crippen LogP) is 2.83. The summed E-state index contributed by atoms with van der Waals surface area (Å²) in [5, 5.41) is 3.68. The normalized spacial score (nSPS) is 43.4. The first-order chi connectivity index (χ1) is 8.83. The fourth-order valence-corrected chi connectivity index (χ4v) is 5.13. The first-order valence-electron chi connectivity index (χ1n) is 7.80. The summed E-state index contributed by atoms with van der Waals surface area (Å²) in [6.45, 7) is 1.09. The standard InChI is InChI=1S/C16H23NO/c18-11-5-7-14-13-6-4-10-2-1-3-12(10)15(13)9-17-16(14)8-11/h10,12,14,16-17H,1-9H2. The lowest BCUT2D eigenvalue weighted by atomic mass is 9.67. The number of ketones is 1. The Morgan fingerprint density at radius 2 is 1.89 bits per heavy atom. The zero-order chi connectivity index (χ0) is 12.1. The summed E-state index contributed by atoms with van der Waals surface area (Å²) in [6.07, 6.45) is 9.85. The molecule has 0 saturated heterocycles. The first-order valence-corrected chi connectivity index (χ1v) is 7.80. The molecule has 1 N–H and O–H groups in total. The van der Waals surface area contributed by atoms with E-state index in [1.807, 2.05) is 0 Å². The van der Waals surface area contributed by atoms with Crippen LogP contribution < -0.4 is 5.32 Å². The molecule has 0 bridgehead atoms. The summed E-state index contributed by atoms with van der Waals surface area (Å²) in [5.41, 5.74) is 3.56. The largest absolute Gasteiger partial charge is 0.309 e. The van der Waals surface area contributed by atoms with Crippen molar-refractivity contribution in [3.63, 3.8) is 0 Å². The van der Waals surface area contributed by atoms with Crippen LogP contribution in [0.1, 0.15) is 51.4 Å². The van der Waals surface area contributed by atoms with Crippen molar-refractivity contribution in [2.75, 3.05) is 6.54 Å². The number of rotatable bonds is 0. The Kier molecular flexibility index (Phi) is 2.61. The monoisotopic (exact) mass is 245 g/mol. The van der Waals surface area contributed by atoms with Crippen molar-refractivity contribution in [2.24, 2.45) is 17.8 Å². The topological polar surface area (TPSA) is 29.1 Å². The van der Waals surface area contributed by atoms with Crippen LogP contribution in [0.5, 0.6) is 0 Å². The quantitative estimate of drug-likeness (QED) is 0.665. The summed E-state index contributed by atoms with van der Waals surface area (Å²) in [5.74, 6) is 3.07. The Morgan fingerprint density at radius 1 is 0.944 bits per heavy atom. The van der Waals surface area contributed by atoms with Crippen molar-refractivity contribution >= 4 is 5.78 Å². The molecule has 3 aliphatic carbocycles. The van der Waals surface area contributed by atoms with E-state index in [4.69, 9.17) is 0 Å². The molecule has 0 aromatic rings. The van der Waals surface area contributed by atoms with Gasteiger partial charge >= 0.3 is 0 Å². The van der Waals surface area contributed by atoms with Gasteiger partial charge in [0, 0.05) is 25.4 Å². The van der Waals surface area contributed by atoms with E-state index in [0.29, 0.717) is 17.7 Å². The van der Waals surface area contributed by atoms with Gasteiger partial charge < -0.3 is 5.32 Å². The van der Waals surface area contributed by atoms with E-state index in [1.54, 1.807) is 11.1 Å². The van der Waals surface area contributed by atoms with E-state index in [1.165, 1.54) is 32.1 Å². The number of fused-ring (bicyclic) bond motifs is 4. The lowest BCUT2D eigenvalue weighted by Gasteiger charge is -2.44. The molecule has 2 fully saturated rings. The maximum Gasteiger partial charge on any atom is 0.134 e. The molecule has 4 unspecified atom stereocenters. The van der Waals surface area contributed by atoms with Crippen LogP contribution in [0.4, 0.5) is 0 Å². The minimum absolute atomic E-state index is 0.474. The number of Topliss-reactive ketones (excluding diaryl/α,β-unsaturated/α-hetero) is 1. The minimum atomic E-state index is 0.474. The van der Waals surface area contributed by atoms with Gasteiger partial charge in [0.15, 0.2) is 0 Å². The molecule has 0 amide bonds. The number of nitrogens with one attached hydrogen (secondary N) is 1. The highest BCUT2D eigenvalue weighted by Crippen LogP contribution is 2.49. The van der Waals surface area contributed by atoms with Gasteiger partial charge in [-0.25, -0.2) is 0 Å². The van der Waals surface area contributed by atoms with Crippen LogP contribution >= 0.6 is 0 Å². The third kappa shape index (κ3) is 1.61. The molecule has 4 rings (SSSR count). The van der Waals surface area contributed by atoms with Gasteiger partial charge in [-0.15, -0.1) is 0 Å². The van der Waals surface area contributed by atoms with E-state index < -0.39 is 0 Å². The molecule has 0 radical (unpaired) electrons. The molecular weight excluding hydrogens is 222 g/mol. The highest BCUT2D eigenvalue weighted by Gasteiger charge is 2.42. The van der Waals surface area contributed by atoms with Crippen molar-refractivity contribution < 1.29 is 4.79 Å². The second-order valence-corrected chi connectivity index (χ2v) is 6.76. The maximum atomic E-state index is 11.6. The molecule has 18 heavy (non-hydrogen) atoms. The summed E-state index contributed by atoms with van der Waals surface area (Å²) in [6, 6.07) is 0.475. The summed E-state index contributed by atoms with van der Waals surface area (Å²) in [4.78, 5) is 11.6. The van der Waals surface area contributed by atoms with Crippen molar-refractivity contribution in [1.82, 2.24) is 5.32 Å². The molecule has 2 nitrogen and oxygen atoms in total. The van der Waals surface area contributed by atoms with Crippen LogP contribution in [0.15, 0.2) is 11.1 Å². The molecule has 1 heterocycles. The molecule has 1 aliphatic heterocycles. The van der Waals surface area contributed by atoms with Gasteiger partial charge in [-0.1, -0.05) is 17.6 Å². The fourth-order valence-electron chi connectivity index (χ4n) is 5.13. The minimum Gasteiger partial charge on any atom is -0.309 e. The maximum absolute atomic E-state index is 11.6. The van der Waals surface area contributed by atoms with Crippen molar-refractivity contribution in [2.45, 2.75) is 57.4 Å². The van der Waals surface area contributed by atoms with Gasteiger partial charge in [0.2, 0.25) is 0 Å². The van der Waals surface area contributed by atoms with Crippen molar-refractivity contribution in [3.05, 3.63) is 11.1 Å². The van der Waals surface area contributed by atoms with Gasteiger partial charge in [-0.2, -0.15) is 0 Å². The number of carbonyl (C=O) groups excluding carboxylic acids is 1. The Balaban J connectivity index is 1.66. The molecule has 98 valence electrons. The van der Waals surface area contributed by atoms with Crippen LogP contribution in [-0.4, -0.2) is 18.4 Å². The SMILES string of the molecule is O=C1CCC2C3=C(CNC2C1)C1CCCC1CC3. The second-order valence-electron chi connectivity index (χ2n) is 6.76. The molecule has 0 spiro atoms. The van der Waals surface area contributed by atoms with E-state index in [9.17, 15) is 4.79 Å². The summed E-state index contributed by atoms with van der Waals surface area (Å²) in [7, 11) is 0. The van der Waals surface area contributed by atoms with Gasteiger partial charge in [-0.05, 0) is 49.9 Å². The van der Waals surface area contributed by atoms with Crippen LogP contribution in [-0.2, 0) is 4.79 Å². The Hall–Kier alpha value is -0.630. The van der Waals surface area contributed by atoms with Crippen LogP contribution in [0.25, 0.3) is 0 Å². The molecule has 2 heteroatoms. The Labute approximate surface area is 109 Å². The lowest BCUT2D eigenvalue weighted by molar-refractivity contribution is -0.121. The smallest absolute Gasteiger partial charge is 0.134 e. The zero-order valence-electron chi connectivity index (χ0n) is 11.1. The molecule has 4 atom stereocenters. The van der Waals surface area contributed by atoms with Gasteiger partial charge in [0.1, 0.15) is 5.78 Å². The second kappa shape index (κ2) is 4.19. The van der Waals surface area contributed by atoms with Crippen molar-refractivity contribution in [3.8, 4) is 0 Å². The van der Waals surface area contributed by atoms with Crippen LogP contribution in [0.2, 0.25) is 0 Å². The average Bonchev–Trinajstić information content (AvgIpc) is 2.86. The Bertz CT molecular complexity index is 411. The molecule has 2 saturated carbocycles. The fraction of sp³-hybridized carbons (Fsp3) is 0.812. The Morgan fingerprint density at radius 3 is 2.83 bits per heavy atom. The van der Waals surface area contributed by atoms with Gasteiger partial charge in [0.25, 0.3) is 0 Å². The third-order valence-corrected chi connectivity index (χ3v) is 5.97. The first kappa shape index (κ1) is 11.2. The highest BCUT2D eigenvalue weighted by atomic mass is 16.1. The summed E-state index contributed by atoms with van der Waals surface area (Å²) < 4.78 is 0. The van der Waals surface area contributed by atoms with Gasteiger partial charge in [-0.3, -0.25) is 4.79 Å². The van der Waals surface area contributed by atoms with Crippen LogP contribution in [0.3, 0.4) is 0 Å². The number of carbonyl (C=O) groups is 1. The molecule has 0 aromatic heterocycles. The van der Waals surface area contributed by atoms with Crippen LogP contribution in [0, 0.1) is 17.8 Å².